The summed E-state index contributed by atoms with van der Waals surface area (Å²) >= 11 is 0. The Hall–Kier alpha value is -1.71. The summed E-state index contributed by atoms with van der Waals surface area (Å²) in [5, 5.41) is 9.21. The van der Waals surface area contributed by atoms with Crippen LogP contribution < -0.4 is 0 Å². The molecule has 0 amide bonds. The average Bonchev–Trinajstić information content (AvgIpc) is 2.95. The third kappa shape index (κ3) is 3.90. The van der Waals surface area contributed by atoms with E-state index in [9.17, 15) is 5.11 Å². The number of aromatic nitrogens is 1. The predicted octanol–water partition coefficient (Wildman–Crippen LogP) is 2.64. The second kappa shape index (κ2) is 6.83. The first-order valence-electron chi connectivity index (χ1n) is 7.63. The molecule has 110 valence electrons. The van der Waals surface area contributed by atoms with Gasteiger partial charge in [0, 0.05) is 25.5 Å². The van der Waals surface area contributed by atoms with Crippen LogP contribution in [-0.4, -0.2) is 28.1 Å². The van der Waals surface area contributed by atoms with E-state index in [0.717, 1.165) is 31.0 Å². The second-order valence-electron chi connectivity index (χ2n) is 5.93. The zero-order valence-corrected chi connectivity index (χ0v) is 12.3. The normalized spacial score (nSPS) is 19.0. The number of aliphatic hydroxyl groups excluding tert-OH is 1. The molecule has 1 atom stereocenters. The molecule has 0 unspecified atom stereocenters. The number of nitrogens with zero attached hydrogens (tertiary/aromatic N) is 2. The zero-order valence-electron chi connectivity index (χ0n) is 12.3. The van der Waals surface area contributed by atoms with Gasteiger partial charge in [-0.05, 0) is 48.1 Å². The maximum atomic E-state index is 9.21. The number of rotatable bonds is 5. The molecule has 0 radical (unpaired) electrons. The topological polar surface area (TPSA) is 36.4 Å². The van der Waals surface area contributed by atoms with Gasteiger partial charge in [-0.25, -0.2) is 0 Å². The summed E-state index contributed by atoms with van der Waals surface area (Å²) in [6.07, 6.45) is 6.14. The molecule has 2 heterocycles. The van der Waals surface area contributed by atoms with Gasteiger partial charge in [0.15, 0.2) is 0 Å². The SMILES string of the molecule is OCc1cccc(C[C@@H]2CCN(Cc3cccnc3)C2)c1. The van der Waals surface area contributed by atoms with Crippen LogP contribution in [0.15, 0.2) is 48.8 Å². The van der Waals surface area contributed by atoms with E-state index in [1.165, 1.54) is 24.1 Å². The summed E-state index contributed by atoms with van der Waals surface area (Å²) < 4.78 is 0. The first-order valence-corrected chi connectivity index (χ1v) is 7.63. The van der Waals surface area contributed by atoms with E-state index >= 15 is 0 Å². The lowest BCUT2D eigenvalue weighted by Crippen LogP contribution is -2.20. The van der Waals surface area contributed by atoms with E-state index in [-0.39, 0.29) is 6.61 Å². The van der Waals surface area contributed by atoms with Crippen molar-refractivity contribution in [1.82, 2.24) is 9.88 Å². The molecule has 21 heavy (non-hydrogen) atoms. The van der Waals surface area contributed by atoms with Crippen LogP contribution in [0, 0.1) is 5.92 Å². The van der Waals surface area contributed by atoms with Crippen molar-refractivity contribution in [3.8, 4) is 0 Å². The number of benzene rings is 1. The molecule has 0 aliphatic carbocycles. The van der Waals surface area contributed by atoms with Gasteiger partial charge in [0.25, 0.3) is 0 Å². The van der Waals surface area contributed by atoms with Crippen molar-refractivity contribution in [2.45, 2.75) is 26.0 Å². The van der Waals surface area contributed by atoms with E-state index in [2.05, 4.69) is 28.1 Å². The minimum Gasteiger partial charge on any atom is -0.392 e. The minimum absolute atomic E-state index is 0.131. The van der Waals surface area contributed by atoms with Crippen LogP contribution in [0.2, 0.25) is 0 Å². The Labute approximate surface area is 126 Å². The Kier molecular flexibility index (Phi) is 4.63. The van der Waals surface area contributed by atoms with Gasteiger partial charge in [0.2, 0.25) is 0 Å². The molecule has 1 aliphatic rings. The van der Waals surface area contributed by atoms with Crippen molar-refractivity contribution in [2.75, 3.05) is 13.1 Å². The molecule has 1 aromatic carbocycles. The van der Waals surface area contributed by atoms with Crippen LogP contribution in [0.4, 0.5) is 0 Å². The number of aliphatic hydroxyl groups is 1. The lowest BCUT2D eigenvalue weighted by Gasteiger charge is -2.16. The summed E-state index contributed by atoms with van der Waals surface area (Å²) in [5.41, 5.74) is 3.65. The van der Waals surface area contributed by atoms with Gasteiger partial charge in [-0.1, -0.05) is 30.3 Å². The van der Waals surface area contributed by atoms with Crippen molar-refractivity contribution >= 4 is 0 Å². The molecular formula is C18H22N2O. The van der Waals surface area contributed by atoms with Gasteiger partial charge in [0.05, 0.1) is 6.61 Å². The lowest BCUT2D eigenvalue weighted by atomic mass is 9.97. The smallest absolute Gasteiger partial charge is 0.0681 e. The molecule has 1 aromatic heterocycles. The molecule has 3 heteroatoms. The van der Waals surface area contributed by atoms with Gasteiger partial charge >= 0.3 is 0 Å². The number of pyridine rings is 1. The maximum absolute atomic E-state index is 9.21. The van der Waals surface area contributed by atoms with Crippen LogP contribution in [0.1, 0.15) is 23.1 Å². The molecule has 1 aliphatic heterocycles. The summed E-state index contributed by atoms with van der Waals surface area (Å²) in [4.78, 5) is 6.69. The second-order valence-corrected chi connectivity index (χ2v) is 5.93. The van der Waals surface area contributed by atoms with E-state index < -0.39 is 0 Å². The van der Waals surface area contributed by atoms with Crippen molar-refractivity contribution in [1.29, 1.82) is 0 Å². The first-order chi connectivity index (χ1) is 10.3. The zero-order chi connectivity index (χ0) is 14.5. The van der Waals surface area contributed by atoms with Crippen LogP contribution in [0.5, 0.6) is 0 Å². The van der Waals surface area contributed by atoms with Crippen molar-refractivity contribution in [2.24, 2.45) is 5.92 Å². The van der Waals surface area contributed by atoms with Crippen molar-refractivity contribution in [3.63, 3.8) is 0 Å². The summed E-state index contributed by atoms with van der Waals surface area (Å²) in [6, 6.07) is 12.5. The molecule has 1 saturated heterocycles. The number of likely N-dealkylation sites (tertiary alicyclic amines) is 1. The monoisotopic (exact) mass is 282 g/mol. The van der Waals surface area contributed by atoms with E-state index in [4.69, 9.17) is 0 Å². The van der Waals surface area contributed by atoms with Gasteiger partial charge in [-0.3, -0.25) is 9.88 Å². The Balaban J connectivity index is 1.54. The van der Waals surface area contributed by atoms with Crippen LogP contribution in [0.3, 0.4) is 0 Å². The molecule has 0 saturated carbocycles. The lowest BCUT2D eigenvalue weighted by molar-refractivity contribution is 0.281. The molecular weight excluding hydrogens is 260 g/mol. The fourth-order valence-corrected chi connectivity index (χ4v) is 3.16. The van der Waals surface area contributed by atoms with Gasteiger partial charge in [-0.2, -0.15) is 0 Å². The predicted molar refractivity (Wildman–Crippen MR) is 83.7 cm³/mol. The quantitative estimate of drug-likeness (QED) is 0.916. The van der Waals surface area contributed by atoms with Crippen LogP contribution in [0.25, 0.3) is 0 Å². The van der Waals surface area contributed by atoms with Crippen molar-refractivity contribution < 1.29 is 5.11 Å². The highest BCUT2D eigenvalue weighted by Crippen LogP contribution is 2.22. The molecule has 1 fully saturated rings. The highest BCUT2D eigenvalue weighted by Gasteiger charge is 2.22. The minimum atomic E-state index is 0.131. The Morgan fingerprint density at radius 2 is 2.00 bits per heavy atom. The van der Waals surface area contributed by atoms with Gasteiger partial charge < -0.3 is 5.11 Å². The molecule has 3 nitrogen and oxygen atoms in total. The number of hydrogen-bond acceptors (Lipinski definition) is 3. The van der Waals surface area contributed by atoms with Crippen molar-refractivity contribution in [3.05, 3.63) is 65.5 Å². The molecule has 2 aromatic rings. The summed E-state index contributed by atoms with van der Waals surface area (Å²) in [5.74, 6) is 0.718. The molecule has 3 rings (SSSR count). The summed E-state index contributed by atoms with van der Waals surface area (Å²) in [6.45, 7) is 3.45. The van der Waals surface area contributed by atoms with E-state index in [1.807, 2.05) is 30.6 Å². The van der Waals surface area contributed by atoms with Crippen LogP contribution in [-0.2, 0) is 19.6 Å². The Morgan fingerprint density at radius 1 is 1.14 bits per heavy atom. The molecule has 1 N–H and O–H groups in total. The fraction of sp³-hybridized carbons (Fsp3) is 0.389. The van der Waals surface area contributed by atoms with Gasteiger partial charge in [0.1, 0.15) is 0 Å². The van der Waals surface area contributed by atoms with E-state index in [1.54, 1.807) is 0 Å². The summed E-state index contributed by atoms with van der Waals surface area (Å²) in [7, 11) is 0. The molecule has 0 spiro atoms. The number of hydrogen-bond donors (Lipinski definition) is 1. The molecule has 0 bridgehead atoms. The Morgan fingerprint density at radius 3 is 2.81 bits per heavy atom. The largest absolute Gasteiger partial charge is 0.392 e. The standard InChI is InChI=1S/C18H22N2O/c21-14-17-4-1-3-15(10-17)9-16-6-8-20(12-16)13-18-5-2-7-19-11-18/h1-5,7,10-11,16,21H,6,8-9,12-14H2/t16-/m0/s1. The Bertz CT molecular complexity index is 570. The maximum Gasteiger partial charge on any atom is 0.0681 e. The fourth-order valence-electron chi connectivity index (χ4n) is 3.16. The highest BCUT2D eigenvalue weighted by atomic mass is 16.3. The first kappa shape index (κ1) is 14.2. The third-order valence-electron chi connectivity index (χ3n) is 4.20. The average molecular weight is 282 g/mol. The van der Waals surface area contributed by atoms with Gasteiger partial charge in [-0.15, -0.1) is 0 Å². The van der Waals surface area contributed by atoms with E-state index in [0.29, 0.717) is 0 Å². The highest BCUT2D eigenvalue weighted by molar-refractivity contribution is 5.23. The van der Waals surface area contributed by atoms with Crippen LogP contribution >= 0.6 is 0 Å². The third-order valence-corrected chi connectivity index (χ3v) is 4.20.